The molecule has 2 aliphatic rings. The van der Waals surface area contributed by atoms with Crippen LogP contribution in [0.1, 0.15) is 16.7 Å². The molecule has 1 N–H and O–H groups in total. The molecule has 0 radical (unpaired) electrons. The summed E-state index contributed by atoms with van der Waals surface area (Å²) in [6, 6.07) is 20.3. The number of piperazine rings is 1. The molecule has 0 spiro atoms. The summed E-state index contributed by atoms with van der Waals surface area (Å²) in [5.41, 5.74) is 2.01. The quantitative estimate of drug-likeness (QED) is 0.395. The molecule has 2 atom stereocenters. The molecule has 0 saturated carbocycles. The topological polar surface area (TPSA) is 85.4 Å². The van der Waals surface area contributed by atoms with Crippen LogP contribution in [0.15, 0.2) is 78.9 Å². The third-order valence-electron chi connectivity index (χ3n) is 7.50. The van der Waals surface area contributed by atoms with E-state index in [-0.39, 0.29) is 69.3 Å². The molecular formula is C31H33F2N5O4. The van der Waals surface area contributed by atoms with Crippen molar-refractivity contribution in [3.63, 3.8) is 0 Å². The summed E-state index contributed by atoms with van der Waals surface area (Å²) in [6.45, 7) is 0.552. The van der Waals surface area contributed by atoms with E-state index in [9.17, 15) is 23.2 Å². The van der Waals surface area contributed by atoms with Gasteiger partial charge in [-0.2, -0.15) is 0 Å². The maximum absolute atomic E-state index is 14.0. The van der Waals surface area contributed by atoms with Crippen LogP contribution < -0.4 is 5.32 Å². The van der Waals surface area contributed by atoms with Gasteiger partial charge in [-0.05, 0) is 29.3 Å². The molecular weight excluding hydrogens is 544 g/mol. The molecule has 0 aromatic heterocycles. The average Bonchev–Trinajstić information content (AvgIpc) is 2.98. The normalized spacial score (nSPS) is 19.2. The largest absolute Gasteiger partial charge is 0.375 e. The summed E-state index contributed by atoms with van der Waals surface area (Å²) < 4.78 is 33.0. The number of rotatable bonds is 9. The average molecular weight is 578 g/mol. The number of hydrogen-bond donors (Lipinski definition) is 1. The molecule has 0 bridgehead atoms. The van der Waals surface area contributed by atoms with Crippen LogP contribution in [0, 0.1) is 11.6 Å². The van der Waals surface area contributed by atoms with Crippen molar-refractivity contribution >= 4 is 17.8 Å². The lowest BCUT2D eigenvalue weighted by atomic mass is 9.99. The molecule has 2 saturated heterocycles. The fraction of sp³-hybridized carbons (Fsp3) is 0.323. The van der Waals surface area contributed by atoms with Crippen molar-refractivity contribution in [3.05, 3.63) is 107 Å². The van der Waals surface area contributed by atoms with Gasteiger partial charge in [0.05, 0.1) is 26.3 Å². The van der Waals surface area contributed by atoms with Gasteiger partial charge in [-0.3, -0.25) is 9.59 Å². The Kier molecular flexibility index (Phi) is 9.09. The van der Waals surface area contributed by atoms with E-state index in [1.54, 1.807) is 47.3 Å². The van der Waals surface area contributed by atoms with Crippen molar-refractivity contribution in [1.82, 2.24) is 25.1 Å². The number of halogens is 2. The van der Waals surface area contributed by atoms with E-state index in [1.165, 1.54) is 28.1 Å². The molecule has 3 aromatic carbocycles. The maximum Gasteiger partial charge on any atom is 0.334 e. The number of amides is 4. The Morgan fingerprint density at radius 3 is 2.40 bits per heavy atom. The zero-order chi connectivity index (χ0) is 29.6. The third-order valence-corrected chi connectivity index (χ3v) is 7.50. The van der Waals surface area contributed by atoms with Crippen LogP contribution in [-0.4, -0.2) is 83.2 Å². The number of carbonyl (C=O) groups is 3. The first-order chi connectivity index (χ1) is 20.3. The Morgan fingerprint density at radius 2 is 1.67 bits per heavy atom. The van der Waals surface area contributed by atoms with Crippen LogP contribution in [0.3, 0.4) is 0 Å². The van der Waals surface area contributed by atoms with Crippen LogP contribution in [0.5, 0.6) is 0 Å². The van der Waals surface area contributed by atoms with Gasteiger partial charge in [-0.25, -0.2) is 23.6 Å². The van der Waals surface area contributed by atoms with E-state index >= 15 is 0 Å². The summed E-state index contributed by atoms with van der Waals surface area (Å²) in [5, 5.41) is 5.86. The third kappa shape index (κ3) is 6.58. The Balaban J connectivity index is 1.34. The Morgan fingerprint density at radius 1 is 0.952 bits per heavy atom. The number of nitrogens with one attached hydrogen (secondary N) is 1. The molecule has 5 rings (SSSR count). The van der Waals surface area contributed by atoms with Gasteiger partial charge >= 0.3 is 6.03 Å². The molecule has 11 heteroatoms. The van der Waals surface area contributed by atoms with E-state index in [0.29, 0.717) is 11.1 Å². The number of ether oxygens (including phenoxy) is 1. The number of benzene rings is 3. The number of urea groups is 1. The fourth-order valence-corrected chi connectivity index (χ4v) is 5.38. The highest BCUT2D eigenvalue weighted by Gasteiger charge is 2.50. The summed E-state index contributed by atoms with van der Waals surface area (Å²) >= 11 is 0. The molecule has 0 unspecified atom stereocenters. The van der Waals surface area contributed by atoms with Crippen LogP contribution in [-0.2, 0) is 33.9 Å². The Labute approximate surface area is 243 Å². The Hall–Kier alpha value is -4.35. The van der Waals surface area contributed by atoms with Crippen molar-refractivity contribution in [2.75, 3.05) is 33.3 Å². The zero-order valence-corrected chi connectivity index (χ0v) is 23.3. The van der Waals surface area contributed by atoms with Gasteiger partial charge in [-0.15, -0.1) is 0 Å². The van der Waals surface area contributed by atoms with Crippen LogP contribution in [0.2, 0.25) is 0 Å². The van der Waals surface area contributed by atoms with Gasteiger partial charge in [0, 0.05) is 32.1 Å². The second kappa shape index (κ2) is 13.1. The summed E-state index contributed by atoms with van der Waals surface area (Å²) in [5.74, 6) is -1.23. The highest BCUT2D eigenvalue weighted by Crippen LogP contribution is 2.28. The molecule has 0 aliphatic carbocycles. The number of hydrogen-bond acceptors (Lipinski definition) is 5. The minimum absolute atomic E-state index is 0.0524. The number of nitrogens with zero attached hydrogens (tertiary/aromatic N) is 4. The second-order valence-electron chi connectivity index (χ2n) is 10.4. The number of carbonyl (C=O) groups excluding carboxylic acids is 3. The summed E-state index contributed by atoms with van der Waals surface area (Å²) in [7, 11) is 1.65. The molecule has 220 valence electrons. The lowest BCUT2D eigenvalue weighted by Crippen LogP contribution is -2.76. The highest BCUT2D eigenvalue weighted by molar-refractivity contribution is 5.91. The molecule has 2 aliphatic heterocycles. The van der Waals surface area contributed by atoms with Gasteiger partial charge < -0.3 is 19.9 Å². The van der Waals surface area contributed by atoms with Gasteiger partial charge in [0.15, 0.2) is 0 Å². The van der Waals surface area contributed by atoms with Gasteiger partial charge in [0.2, 0.25) is 11.8 Å². The molecule has 9 nitrogen and oxygen atoms in total. The maximum atomic E-state index is 14.0. The van der Waals surface area contributed by atoms with E-state index in [4.69, 9.17) is 4.74 Å². The predicted molar refractivity (Wildman–Crippen MR) is 150 cm³/mol. The number of hydrazine groups is 1. The van der Waals surface area contributed by atoms with E-state index in [0.717, 1.165) is 5.56 Å². The SMILES string of the molecule is CN1CC(=O)N2[C@@H](Cc3ccccc3)C(=O)N(CCOCc3ccccc3F)C[C@@H]2N1C(=O)NCc1ccc(F)cc1. The smallest absolute Gasteiger partial charge is 0.334 e. The van der Waals surface area contributed by atoms with Crippen molar-refractivity contribution in [3.8, 4) is 0 Å². The monoisotopic (exact) mass is 577 g/mol. The van der Waals surface area contributed by atoms with Crippen LogP contribution in [0.4, 0.5) is 13.6 Å². The molecule has 2 fully saturated rings. The molecule has 3 aromatic rings. The number of likely N-dealkylation sites (N-methyl/N-ethyl adjacent to an activating group) is 1. The first kappa shape index (κ1) is 29.2. The molecule has 4 amide bonds. The highest BCUT2D eigenvalue weighted by atomic mass is 19.1. The van der Waals surface area contributed by atoms with Crippen molar-refractivity contribution < 1.29 is 27.9 Å². The summed E-state index contributed by atoms with van der Waals surface area (Å²) in [4.78, 5) is 43.8. The van der Waals surface area contributed by atoms with E-state index < -0.39 is 18.2 Å². The first-order valence-electron chi connectivity index (χ1n) is 13.8. The molecule has 42 heavy (non-hydrogen) atoms. The van der Waals surface area contributed by atoms with Gasteiger partial charge in [-0.1, -0.05) is 60.7 Å². The lowest BCUT2D eigenvalue weighted by molar-refractivity contribution is -0.187. The van der Waals surface area contributed by atoms with E-state index in [1.807, 2.05) is 30.3 Å². The van der Waals surface area contributed by atoms with Crippen molar-refractivity contribution in [2.24, 2.45) is 0 Å². The van der Waals surface area contributed by atoms with Crippen LogP contribution in [0.25, 0.3) is 0 Å². The van der Waals surface area contributed by atoms with Crippen molar-refractivity contribution in [2.45, 2.75) is 31.8 Å². The Bertz CT molecular complexity index is 1410. The molecule has 2 heterocycles. The van der Waals surface area contributed by atoms with Crippen molar-refractivity contribution in [1.29, 1.82) is 0 Å². The zero-order valence-electron chi connectivity index (χ0n) is 23.3. The fourth-order valence-electron chi connectivity index (χ4n) is 5.38. The minimum Gasteiger partial charge on any atom is -0.375 e. The van der Waals surface area contributed by atoms with Gasteiger partial charge in [0.25, 0.3) is 0 Å². The lowest BCUT2D eigenvalue weighted by Gasteiger charge is -2.54. The predicted octanol–water partition coefficient (Wildman–Crippen LogP) is 3.16. The van der Waals surface area contributed by atoms with E-state index in [2.05, 4.69) is 5.32 Å². The summed E-state index contributed by atoms with van der Waals surface area (Å²) in [6.07, 6.45) is -0.481. The van der Waals surface area contributed by atoms with Gasteiger partial charge in [0.1, 0.15) is 23.8 Å². The first-order valence-corrected chi connectivity index (χ1v) is 13.8. The number of fused-ring (bicyclic) bond motifs is 1. The second-order valence-corrected chi connectivity index (χ2v) is 10.4. The van der Waals surface area contributed by atoms with Crippen LogP contribution >= 0.6 is 0 Å². The minimum atomic E-state index is -0.827. The standard InChI is InChI=1S/C31H33F2N5O4/c1-35-20-29(39)37-27(17-22-7-3-2-4-8-22)30(40)36(15-16-42-21-24-9-5-6-10-26(24)33)19-28(37)38(35)31(41)34-18-23-11-13-25(32)14-12-23/h2-14,27-28H,15-21H2,1H3,(H,34,41)/t27-,28-/m0/s1.